The van der Waals surface area contributed by atoms with Crippen LogP contribution in [-0.2, 0) is 0 Å². The zero-order valence-corrected chi connectivity index (χ0v) is 9.00. The third kappa shape index (κ3) is 23.6. The van der Waals surface area contributed by atoms with Gasteiger partial charge in [-0.3, -0.25) is 0 Å². The van der Waals surface area contributed by atoms with Crippen LogP contribution in [0.15, 0.2) is 0 Å². The van der Waals surface area contributed by atoms with Gasteiger partial charge in [0.2, 0.25) is 0 Å². The fourth-order valence-corrected chi connectivity index (χ4v) is 2.31. The molecule has 0 radical (unpaired) electrons. The van der Waals surface area contributed by atoms with Gasteiger partial charge in [-0.05, 0) is 0 Å². The second-order valence-corrected chi connectivity index (χ2v) is 6.02. The van der Waals surface area contributed by atoms with Gasteiger partial charge in [-0.25, -0.2) is 0 Å². The molecule has 2 heteroatoms. The van der Waals surface area contributed by atoms with Crippen LogP contribution in [0.5, 0.6) is 0 Å². The first-order valence-electron chi connectivity index (χ1n) is 3.97. The van der Waals surface area contributed by atoms with Gasteiger partial charge in [0.25, 0.3) is 0 Å². The molecule has 0 heterocycles. The standard InChI is InChI=1S/2C3H7.C2H5O.Al/c2*1-3-2;1-2-3;/h2*3H,1-2H3;2H2,1H3;/q;;-1;+1. The van der Waals surface area contributed by atoms with Crippen molar-refractivity contribution in [3.8, 4) is 0 Å². The predicted octanol–water partition coefficient (Wildman–Crippen LogP) is 1.71. The molecule has 0 aromatic rings. The van der Waals surface area contributed by atoms with Crippen LogP contribution in [0, 0.1) is 0 Å². The van der Waals surface area contributed by atoms with Crippen LogP contribution in [0.1, 0.15) is 34.6 Å². The molecule has 0 amide bonds. The Morgan fingerprint density at radius 2 is 1.30 bits per heavy atom. The molecule has 0 aliphatic heterocycles. The molecule has 10 heavy (non-hydrogen) atoms. The van der Waals surface area contributed by atoms with Crippen molar-refractivity contribution < 1.29 is 5.11 Å². The van der Waals surface area contributed by atoms with E-state index in [2.05, 4.69) is 27.7 Å². The second-order valence-electron chi connectivity index (χ2n) is 2.97. The molecule has 0 fully saturated rings. The number of hydrogen-bond donors (Lipinski definition) is 0. The van der Waals surface area contributed by atoms with E-state index in [9.17, 15) is 0 Å². The molecule has 0 aliphatic rings. The average molecular weight is 158 g/mol. The summed E-state index contributed by atoms with van der Waals surface area (Å²) in [5.74, 6) is 0. The topological polar surface area (TPSA) is 23.1 Å². The van der Waals surface area contributed by atoms with Crippen LogP contribution < -0.4 is 5.11 Å². The van der Waals surface area contributed by atoms with Gasteiger partial charge in [0.1, 0.15) is 0 Å². The van der Waals surface area contributed by atoms with Crippen LogP contribution in [0.2, 0.25) is 9.56 Å². The zero-order valence-electron chi connectivity index (χ0n) is 7.85. The Hall–Kier alpha value is 0.492. The maximum atomic E-state index is 8.93. The minimum atomic E-state index is 0. The summed E-state index contributed by atoms with van der Waals surface area (Å²) in [6.07, 6.45) is 0. The molecule has 0 aromatic heterocycles. The van der Waals surface area contributed by atoms with E-state index in [0.717, 1.165) is 9.56 Å². The Balaban J connectivity index is 0. The summed E-state index contributed by atoms with van der Waals surface area (Å²) in [7, 11) is 0. The first-order valence-corrected chi connectivity index (χ1v) is 5.31. The van der Waals surface area contributed by atoms with Crippen molar-refractivity contribution in [2.75, 3.05) is 6.61 Å². The summed E-state index contributed by atoms with van der Waals surface area (Å²) >= 11 is 0.713. The molecule has 0 saturated heterocycles. The molecule has 0 rings (SSSR count). The van der Waals surface area contributed by atoms with Gasteiger partial charge >= 0.3 is 52.5 Å². The van der Waals surface area contributed by atoms with Crippen molar-refractivity contribution >= 4 is 15.2 Å². The summed E-state index contributed by atoms with van der Waals surface area (Å²) in [6, 6.07) is 0. The van der Waals surface area contributed by atoms with Crippen molar-refractivity contribution in [3.63, 3.8) is 0 Å². The third-order valence-corrected chi connectivity index (χ3v) is 2.31. The monoisotopic (exact) mass is 158 g/mol. The van der Waals surface area contributed by atoms with Gasteiger partial charge < -0.3 is 5.11 Å². The number of hydrogen-bond acceptors (Lipinski definition) is 1. The molecule has 0 saturated carbocycles. The summed E-state index contributed by atoms with van der Waals surface area (Å²) in [4.78, 5) is 0. The number of rotatable bonds is 2. The van der Waals surface area contributed by atoms with E-state index in [4.69, 9.17) is 5.11 Å². The SMILES string of the molecule is CC[O-].C[CH](C)[Al+][CH](C)C. The third-order valence-electron chi connectivity index (χ3n) is 0.770. The second kappa shape index (κ2) is 9.49. The van der Waals surface area contributed by atoms with Crippen molar-refractivity contribution in [1.29, 1.82) is 0 Å². The molecule has 0 aliphatic carbocycles. The van der Waals surface area contributed by atoms with Gasteiger partial charge in [-0.15, -0.1) is 6.61 Å². The Labute approximate surface area is 71.5 Å². The normalized spacial score (nSPS) is 8.80. The first-order chi connectivity index (χ1) is 4.54. The molecular formula is C8H19AlO. The Bertz CT molecular complexity index is 47.2. The van der Waals surface area contributed by atoms with Gasteiger partial charge in [-0.1, -0.05) is 6.92 Å². The van der Waals surface area contributed by atoms with E-state index in [1.165, 1.54) is 0 Å². The zero-order chi connectivity index (χ0) is 8.57. The van der Waals surface area contributed by atoms with Crippen molar-refractivity contribution in [1.82, 2.24) is 0 Å². The van der Waals surface area contributed by atoms with Crippen LogP contribution in [0.25, 0.3) is 0 Å². The molecule has 1 nitrogen and oxygen atoms in total. The Morgan fingerprint density at radius 1 is 1.10 bits per heavy atom. The van der Waals surface area contributed by atoms with E-state index >= 15 is 0 Å². The molecule has 0 N–H and O–H groups in total. The van der Waals surface area contributed by atoms with E-state index in [0.29, 0.717) is 15.2 Å². The van der Waals surface area contributed by atoms with Gasteiger partial charge in [-0.2, -0.15) is 0 Å². The fourth-order valence-electron chi connectivity index (χ4n) is 0.770. The van der Waals surface area contributed by atoms with E-state index in [1.54, 1.807) is 6.92 Å². The molecule has 0 bridgehead atoms. The maximum absolute atomic E-state index is 8.93. The van der Waals surface area contributed by atoms with Crippen molar-refractivity contribution in [3.05, 3.63) is 0 Å². The fraction of sp³-hybridized carbons (Fsp3) is 1.00. The quantitative estimate of drug-likeness (QED) is 0.561. The average Bonchev–Trinajstić information content (AvgIpc) is 1.62. The van der Waals surface area contributed by atoms with Crippen LogP contribution in [0.4, 0.5) is 0 Å². The Morgan fingerprint density at radius 3 is 1.30 bits per heavy atom. The predicted molar refractivity (Wildman–Crippen MR) is 46.5 cm³/mol. The van der Waals surface area contributed by atoms with E-state index < -0.39 is 0 Å². The van der Waals surface area contributed by atoms with Crippen LogP contribution in [0.3, 0.4) is 0 Å². The molecule has 0 unspecified atom stereocenters. The molecule has 60 valence electrons. The summed E-state index contributed by atoms with van der Waals surface area (Å²) < 4.78 is 1.92. The van der Waals surface area contributed by atoms with Gasteiger partial charge in [0.15, 0.2) is 0 Å². The molecular weight excluding hydrogens is 139 g/mol. The van der Waals surface area contributed by atoms with Crippen molar-refractivity contribution in [2.45, 2.75) is 44.2 Å². The van der Waals surface area contributed by atoms with Gasteiger partial charge in [0.05, 0.1) is 0 Å². The van der Waals surface area contributed by atoms with Gasteiger partial charge in [0, 0.05) is 0 Å². The Kier molecular flexibility index (Phi) is 12.4. The minimum absolute atomic E-state index is 0. The summed E-state index contributed by atoms with van der Waals surface area (Å²) in [6.45, 7) is 10.8. The molecule has 0 spiro atoms. The summed E-state index contributed by atoms with van der Waals surface area (Å²) in [5, 5.41) is 8.93. The van der Waals surface area contributed by atoms with E-state index in [1.807, 2.05) is 0 Å². The molecule has 0 atom stereocenters. The van der Waals surface area contributed by atoms with E-state index in [-0.39, 0.29) is 6.61 Å². The molecule has 0 aromatic carbocycles. The van der Waals surface area contributed by atoms with Crippen molar-refractivity contribution in [2.24, 2.45) is 0 Å². The van der Waals surface area contributed by atoms with Crippen LogP contribution >= 0.6 is 0 Å². The summed E-state index contributed by atoms with van der Waals surface area (Å²) in [5.41, 5.74) is 0. The first kappa shape index (κ1) is 13.1. The van der Waals surface area contributed by atoms with Crippen LogP contribution in [-0.4, -0.2) is 21.8 Å².